The van der Waals surface area contributed by atoms with Crippen molar-refractivity contribution in [1.29, 1.82) is 0 Å². The van der Waals surface area contributed by atoms with Gasteiger partial charge in [-0.25, -0.2) is 0 Å². The fraction of sp³-hybridized carbons (Fsp3) is 0.586. The van der Waals surface area contributed by atoms with Gasteiger partial charge in [-0.15, -0.1) is 11.8 Å². The van der Waals surface area contributed by atoms with Crippen molar-refractivity contribution < 1.29 is 17.7 Å². The van der Waals surface area contributed by atoms with E-state index >= 15 is 0 Å². The van der Waals surface area contributed by atoms with Crippen LogP contribution in [0.25, 0.3) is 0 Å². The summed E-state index contributed by atoms with van der Waals surface area (Å²) in [5.74, 6) is 2.23. The standard InChI is InChI=1S/C29H39NO4S2/c1-28(2,3)20-8-5-18(6-9-20)17-29(31)14-13-23-21-10-7-19-15-26(34-36(30,32)33)27(35-4)16-24(19)22(21)11-12-25(23)29/h5-6,8-9,15-16,21-23,25,31H,7,10-14,17H2,1-4H3,(H2,30,32,33)/t21?,22?,23?,25?,29-/m1/s1. The summed E-state index contributed by atoms with van der Waals surface area (Å²) < 4.78 is 28.2. The lowest BCUT2D eigenvalue weighted by molar-refractivity contribution is -0.0347. The molecule has 7 heteroatoms. The van der Waals surface area contributed by atoms with Crippen LogP contribution in [0.2, 0.25) is 0 Å². The van der Waals surface area contributed by atoms with Gasteiger partial charge in [0.25, 0.3) is 0 Å². The maximum absolute atomic E-state index is 11.9. The third-order valence-corrected chi connectivity index (χ3v) is 10.3. The zero-order valence-corrected chi connectivity index (χ0v) is 23.4. The molecule has 0 heterocycles. The number of hydrogen-bond acceptors (Lipinski definition) is 5. The maximum atomic E-state index is 11.9. The largest absolute Gasteiger partial charge is 0.389 e. The molecule has 0 aliphatic heterocycles. The lowest BCUT2D eigenvalue weighted by atomic mass is 9.59. The highest BCUT2D eigenvalue weighted by molar-refractivity contribution is 7.98. The van der Waals surface area contributed by atoms with Gasteiger partial charge in [0.15, 0.2) is 5.75 Å². The molecule has 2 aromatic rings. The second-order valence-electron chi connectivity index (χ2n) is 12.2. The molecule has 3 N–H and O–H groups in total. The highest BCUT2D eigenvalue weighted by Gasteiger charge is 2.54. The number of aryl methyl sites for hydroxylation is 1. The van der Waals surface area contributed by atoms with E-state index in [4.69, 9.17) is 9.32 Å². The molecular formula is C29H39NO4S2. The molecule has 0 radical (unpaired) electrons. The van der Waals surface area contributed by atoms with Crippen molar-refractivity contribution in [3.05, 3.63) is 58.7 Å². The topological polar surface area (TPSA) is 89.6 Å². The average molecular weight is 530 g/mol. The highest BCUT2D eigenvalue weighted by Crippen LogP contribution is 2.59. The molecule has 0 amide bonds. The number of fused-ring (bicyclic) bond motifs is 5. The maximum Gasteiger partial charge on any atom is 0.380 e. The first-order chi connectivity index (χ1) is 16.9. The third-order valence-electron chi connectivity index (χ3n) is 9.08. The number of nitrogens with two attached hydrogens (primary N) is 1. The molecule has 3 aliphatic rings. The smallest absolute Gasteiger partial charge is 0.380 e. The Kier molecular flexibility index (Phi) is 6.76. The molecule has 4 unspecified atom stereocenters. The van der Waals surface area contributed by atoms with E-state index in [2.05, 4.69) is 51.1 Å². The third kappa shape index (κ3) is 4.96. The Morgan fingerprint density at radius 3 is 2.44 bits per heavy atom. The van der Waals surface area contributed by atoms with Crippen LogP contribution in [0.3, 0.4) is 0 Å². The lowest BCUT2D eigenvalue weighted by Crippen LogP contribution is -2.43. The first-order valence-electron chi connectivity index (χ1n) is 13.1. The van der Waals surface area contributed by atoms with Crippen LogP contribution in [-0.4, -0.2) is 25.4 Å². The van der Waals surface area contributed by atoms with Crippen LogP contribution in [0.15, 0.2) is 41.3 Å². The van der Waals surface area contributed by atoms with Gasteiger partial charge in [0.1, 0.15) is 0 Å². The van der Waals surface area contributed by atoms with E-state index in [1.165, 1.54) is 34.0 Å². The van der Waals surface area contributed by atoms with Crippen molar-refractivity contribution in [2.24, 2.45) is 22.9 Å². The van der Waals surface area contributed by atoms with Crippen molar-refractivity contribution in [2.75, 3.05) is 6.26 Å². The second-order valence-corrected chi connectivity index (χ2v) is 14.2. The van der Waals surface area contributed by atoms with Crippen LogP contribution < -0.4 is 9.32 Å². The summed E-state index contributed by atoms with van der Waals surface area (Å²) in [6.07, 6.45) is 8.69. The van der Waals surface area contributed by atoms with Crippen molar-refractivity contribution in [2.45, 2.75) is 87.5 Å². The number of benzene rings is 2. The van der Waals surface area contributed by atoms with E-state index in [1.807, 2.05) is 12.3 Å². The minimum Gasteiger partial charge on any atom is -0.389 e. The predicted octanol–water partition coefficient (Wildman–Crippen LogP) is 5.73. The molecule has 2 aromatic carbocycles. The molecule has 36 heavy (non-hydrogen) atoms. The van der Waals surface area contributed by atoms with Gasteiger partial charge in [0.2, 0.25) is 0 Å². The van der Waals surface area contributed by atoms with Crippen molar-refractivity contribution in [3.8, 4) is 5.75 Å². The van der Waals surface area contributed by atoms with Crippen molar-refractivity contribution in [3.63, 3.8) is 0 Å². The second kappa shape index (κ2) is 9.33. The summed E-state index contributed by atoms with van der Waals surface area (Å²) in [5.41, 5.74) is 4.57. The molecule has 2 fully saturated rings. The van der Waals surface area contributed by atoms with Gasteiger partial charge in [-0.05, 0) is 108 Å². The minimum absolute atomic E-state index is 0.130. The van der Waals surface area contributed by atoms with Crippen LogP contribution in [0.4, 0.5) is 0 Å². The van der Waals surface area contributed by atoms with E-state index in [0.29, 0.717) is 29.4 Å². The van der Waals surface area contributed by atoms with Crippen LogP contribution in [0, 0.1) is 17.8 Å². The van der Waals surface area contributed by atoms with Crippen LogP contribution >= 0.6 is 11.8 Å². The van der Waals surface area contributed by atoms with E-state index in [0.717, 1.165) is 49.8 Å². The van der Waals surface area contributed by atoms with E-state index in [9.17, 15) is 13.5 Å². The van der Waals surface area contributed by atoms with Crippen LogP contribution in [0.1, 0.15) is 81.0 Å². The number of rotatable bonds is 5. The molecule has 2 saturated carbocycles. The Morgan fingerprint density at radius 2 is 1.81 bits per heavy atom. The quantitative estimate of drug-likeness (QED) is 0.483. The van der Waals surface area contributed by atoms with Gasteiger partial charge in [0, 0.05) is 6.42 Å². The molecule has 0 spiro atoms. The van der Waals surface area contributed by atoms with Gasteiger partial charge in [-0.2, -0.15) is 13.6 Å². The van der Waals surface area contributed by atoms with Crippen molar-refractivity contribution >= 4 is 22.1 Å². The number of aliphatic hydroxyl groups is 1. The number of hydrogen-bond donors (Lipinski definition) is 2. The highest BCUT2D eigenvalue weighted by atomic mass is 32.2. The first-order valence-corrected chi connectivity index (χ1v) is 15.8. The first kappa shape index (κ1) is 26.1. The molecule has 5 rings (SSSR count). The molecule has 0 bridgehead atoms. The predicted molar refractivity (Wildman–Crippen MR) is 146 cm³/mol. The summed E-state index contributed by atoms with van der Waals surface area (Å²) in [4.78, 5) is 0.812. The summed E-state index contributed by atoms with van der Waals surface area (Å²) in [6, 6.07) is 12.9. The minimum atomic E-state index is -4.06. The fourth-order valence-corrected chi connectivity index (χ4v) is 8.40. The van der Waals surface area contributed by atoms with Gasteiger partial charge < -0.3 is 9.29 Å². The Morgan fingerprint density at radius 1 is 1.08 bits per heavy atom. The zero-order chi connectivity index (χ0) is 25.9. The Bertz CT molecular complexity index is 1240. The zero-order valence-electron chi connectivity index (χ0n) is 21.8. The van der Waals surface area contributed by atoms with Crippen molar-refractivity contribution in [1.82, 2.24) is 0 Å². The molecule has 0 saturated heterocycles. The van der Waals surface area contributed by atoms with E-state index in [-0.39, 0.29) is 5.41 Å². The van der Waals surface area contributed by atoms with Crippen LogP contribution in [-0.2, 0) is 28.6 Å². The molecule has 3 aliphatic carbocycles. The Labute approximate surface area is 220 Å². The van der Waals surface area contributed by atoms with Gasteiger partial charge in [-0.3, -0.25) is 0 Å². The van der Waals surface area contributed by atoms with Crippen LogP contribution in [0.5, 0.6) is 5.75 Å². The summed E-state index contributed by atoms with van der Waals surface area (Å²) in [5, 5.41) is 17.0. The molecular weight excluding hydrogens is 490 g/mol. The van der Waals surface area contributed by atoms with Gasteiger partial charge in [0.05, 0.1) is 10.5 Å². The molecule has 5 nitrogen and oxygen atoms in total. The Balaban J connectivity index is 1.36. The molecule has 196 valence electrons. The van der Waals surface area contributed by atoms with Gasteiger partial charge >= 0.3 is 10.3 Å². The van der Waals surface area contributed by atoms with Gasteiger partial charge in [-0.1, -0.05) is 45.0 Å². The Hall–Kier alpha value is -1.54. The lowest BCUT2D eigenvalue weighted by Gasteiger charge is -2.47. The monoisotopic (exact) mass is 529 g/mol. The summed E-state index contributed by atoms with van der Waals surface area (Å²) >= 11 is 1.49. The summed E-state index contributed by atoms with van der Waals surface area (Å²) in [6.45, 7) is 6.69. The average Bonchev–Trinajstić information content (AvgIpc) is 3.13. The molecule has 0 aromatic heterocycles. The fourth-order valence-electron chi connectivity index (χ4n) is 7.42. The normalized spacial score (nSPS) is 29.8. The SMILES string of the molecule is CSc1cc2c(cc1OS(N)(=O)=O)CCC1C2CCC2C1CC[C@@]2(O)Cc1ccc(C(C)(C)C)cc1. The summed E-state index contributed by atoms with van der Waals surface area (Å²) in [7, 11) is -4.06. The van der Waals surface area contributed by atoms with E-state index < -0.39 is 15.9 Å². The number of thioether (sulfide) groups is 1. The van der Waals surface area contributed by atoms with E-state index in [1.54, 1.807) is 0 Å². The molecule has 5 atom stereocenters.